The molecule has 15 heavy (non-hydrogen) atoms. The van der Waals surface area contributed by atoms with Crippen LogP contribution in [0.3, 0.4) is 0 Å². The van der Waals surface area contributed by atoms with Gasteiger partial charge in [-0.25, -0.2) is 0 Å². The Balaban J connectivity index is 2.83. The molecular formula is C12H13ClO2. The zero-order valence-electron chi connectivity index (χ0n) is 8.53. The molecule has 0 unspecified atom stereocenters. The summed E-state index contributed by atoms with van der Waals surface area (Å²) in [5.41, 5.74) is 1.57. The van der Waals surface area contributed by atoms with Crippen LogP contribution in [-0.2, 0) is 11.2 Å². The number of benzene rings is 1. The molecule has 1 aromatic rings. The number of hydrogen-bond acceptors (Lipinski definition) is 1. The summed E-state index contributed by atoms with van der Waals surface area (Å²) in [7, 11) is 0. The fourth-order valence-electron chi connectivity index (χ4n) is 1.37. The molecule has 3 heteroatoms. The SMILES string of the molecule is C=C(C)[C@@H](Cc1cccc(Cl)c1)C(=O)O. The molecule has 0 aliphatic rings. The van der Waals surface area contributed by atoms with Gasteiger partial charge in [0.1, 0.15) is 0 Å². The van der Waals surface area contributed by atoms with Crippen molar-refractivity contribution in [2.75, 3.05) is 0 Å². The third-order valence-electron chi connectivity index (χ3n) is 2.22. The predicted octanol–water partition coefficient (Wildman–Crippen LogP) is 3.16. The fraction of sp³-hybridized carbons (Fsp3) is 0.250. The molecule has 1 N–H and O–H groups in total. The van der Waals surface area contributed by atoms with E-state index in [9.17, 15) is 4.79 Å². The van der Waals surface area contributed by atoms with Crippen molar-refractivity contribution in [1.82, 2.24) is 0 Å². The quantitative estimate of drug-likeness (QED) is 0.798. The molecule has 0 heterocycles. The number of hydrogen-bond donors (Lipinski definition) is 1. The number of rotatable bonds is 4. The van der Waals surface area contributed by atoms with Gasteiger partial charge in [0.05, 0.1) is 5.92 Å². The second-order valence-corrected chi connectivity index (χ2v) is 4.01. The Labute approximate surface area is 94.2 Å². The normalized spacial score (nSPS) is 12.1. The van der Waals surface area contributed by atoms with Gasteiger partial charge in [-0.1, -0.05) is 35.9 Å². The number of carboxylic acid groups (broad SMARTS) is 1. The zero-order chi connectivity index (χ0) is 11.4. The fourth-order valence-corrected chi connectivity index (χ4v) is 1.58. The first-order valence-corrected chi connectivity index (χ1v) is 5.01. The number of halogens is 1. The first-order valence-electron chi connectivity index (χ1n) is 4.63. The molecule has 80 valence electrons. The first kappa shape index (κ1) is 11.8. The average Bonchev–Trinajstić information content (AvgIpc) is 2.13. The summed E-state index contributed by atoms with van der Waals surface area (Å²) in [6, 6.07) is 7.22. The first-order chi connectivity index (χ1) is 7.00. The summed E-state index contributed by atoms with van der Waals surface area (Å²) in [6.45, 7) is 5.41. The van der Waals surface area contributed by atoms with E-state index in [1.165, 1.54) is 0 Å². The molecule has 0 saturated carbocycles. The molecule has 0 saturated heterocycles. The Morgan fingerprint density at radius 1 is 1.60 bits per heavy atom. The van der Waals surface area contributed by atoms with Crippen LogP contribution in [0.2, 0.25) is 5.02 Å². The maximum absolute atomic E-state index is 10.9. The standard InChI is InChI=1S/C12H13ClO2/c1-8(2)11(12(14)15)7-9-4-3-5-10(13)6-9/h3-6,11H,1,7H2,2H3,(H,14,15)/t11-/m1/s1. The Kier molecular flexibility index (Phi) is 3.92. The van der Waals surface area contributed by atoms with Gasteiger partial charge in [0.15, 0.2) is 0 Å². The van der Waals surface area contributed by atoms with Gasteiger partial charge in [0.2, 0.25) is 0 Å². The van der Waals surface area contributed by atoms with Crippen LogP contribution in [0.15, 0.2) is 36.4 Å². The number of carboxylic acids is 1. The molecule has 0 aliphatic carbocycles. The molecule has 0 spiro atoms. The van der Waals surface area contributed by atoms with E-state index in [4.69, 9.17) is 16.7 Å². The number of carbonyl (C=O) groups is 1. The van der Waals surface area contributed by atoms with Gasteiger partial charge >= 0.3 is 5.97 Å². The second-order valence-electron chi connectivity index (χ2n) is 3.57. The monoisotopic (exact) mass is 224 g/mol. The largest absolute Gasteiger partial charge is 0.481 e. The lowest BCUT2D eigenvalue weighted by molar-refractivity contribution is -0.140. The maximum atomic E-state index is 10.9. The third kappa shape index (κ3) is 3.40. The van der Waals surface area contributed by atoms with Crippen LogP contribution in [0.4, 0.5) is 0 Å². The van der Waals surface area contributed by atoms with Gasteiger partial charge in [0, 0.05) is 5.02 Å². The molecular weight excluding hydrogens is 212 g/mol. The van der Waals surface area contributed by atoms with Gasteiger partial charge in [-0.3, -0.25) is 4.79 Å². The van der Waals surface area contributed by atoms with E-state index in [0.717, 1.165) is 5.56 Å². The predicted molar refractivity (Wildman–Crippen MR) is 61.1 cm³/mol. The van der Waals surface area contributed by atoms with Crippen molar-refractivity contribution >= 4 is 17.6 Å². The van der Waals surface area contributed by atoms with E-state index in [0.29, 0.717) is 17.0 Å². The van der Waals surface area contributed by atoms with E-state index in [-0.39, 0.29) is 0 Å². The van der Waals surface area contributed by atoms with Crippen molar-refractivity contribution in [3.63, 3.8) is 0 Å². The second kappa shape index (κ2) is 4.99. The molecule has 0 radical (unpaired) electrons. The summed E-state index contributed by atoms with van der Waals surface area (Å²) in [4.78, 5) is 10.9. The minimum absolute atomic E-state index is 0.436. The van der Waals surface area contributed by atoms with E-state index in [1.54, 1.807) is 19.1 Å². The van der Waals surface area contributed by atoms with Crippen LogP contribution in [0.5, 0.6) is 0 Å². The smallest absolute Gasteiger partial charge is 0.310 e. The van der Waals surface area contributed by atoms with Crippen molar-refractivity contribution in [3.8, 4) is 0 Å². The summed E-state index contributed by atoms with van der Waals surface area (Å²) < 4.78 is 0. The highest BCUT2D eigenvalue weighted by molar-refractivity contribution is 6.30. The Morgan fingerprint density at radius 3 is 2.73 bits per heavy atom. The van der Waals surface area contributed by atoms with Crippen LogP contribution < -0.4 is 0 Å². The molecule has 0 aliphatic heterocycles. The van der Waals surface area contributed by atoms with Crippen molar-refractivity contribution in [3.05, 3.63) is 47.0 Å². The summed E-state index contributed by atoms with van der Waals surface area (Å²) in [5, 5.41) is 9.60. The summed E-state index contributed by atoms with van der Waals surface area (Å²) >= 11 is 5.82. The van der Waals surface area contributed by atoms with E-state index >= 15 is 0 Å². The van der Waals surface area contributed by atoms with Gasteiger partial charge in [-0.2, -0.15) is 0 Å². The highest BCUT2D eigenvalue weighted by atomic mass is 35.5. The van der Waals surface area contributed by atoms with Crippen LogP contribution in [0.25, 0.3) is 0 Å². The third-order valence-corrected chi connectivity index (χ3v) is 2.46. The molecule has 0 aromatic heterocycles. The molecule has 0 bridgehead atoms. The van der Waals surface area contributed by atoms with Gasteiger partial charge in [0.25, 0.3) is 0 Å². The van der Waals surface area contributed by atoms with Crippen LogP contribution in [0.1, 0.15) is 12.5 Å². The maximum Gasteiger partial charge on any atom is 0.310 e. The molecule has 2 nitrogen and oxygen atoms in total. The lowest BCUT2D eigenvalue weighted by Gasteiger charge is -2.11. The highest BCUT2D eigenvalue weighted by Gasteiger charge is 2.18. The average molecular weight is 225 g/mol. The molecule has 1 atom stereocenters. The summed E-state index contributed by atoms with van der Waals surface area (Å²) in [5.74, 6) is -1.38. The lowest BCUT2D eigenvalue weighted by Crippen LogP contribution is -2.17. The number of aliphatic carboxylic acids is 1. The van der Waals surface area contributed by atoms with Crippen molar-refractivity contribution in [2.24, 2.45) is 5.92 Å². The highest BCUT2D eigenvalue weighted by Crippen LogP contribution is 2.18. The van der Waals surface area contributed by atoms with Crippen molar-refractivity contribution < 1.29 is 9.90 Å². The molecule has 1 aromatic carbocycles. The Bertz CT molecular complexity index is 371. The van der Waals surface area contributed by atoms with Crippen LogP contribution in [0, 0.1) is 5.92 Å². The van der Waals surface area contributed by atoms with Crippen LogP contribution in [-0.4, -0.2) is 11.1 Å². The molecule has 0 amide bonds. The summed E-state index contributed by atoms with van der Waals surface area (Å²) in [6.07, 6.45) is 0.436. The van der Waals surface area contributed by atoms with E-state index in [2.05, 4.69) is 6.58 Å². The van der Waals surface area contributed by atoms with Gasteiger partial charge < -0.3 is 5.11 Å². The topological polar surface area (TPSA) is 37.3 Å². The van der Waals surface area contributed by atoms with Gasteiger partial charge in [-0.05, 0) is 31.0 Å². The minimum atomic E-state index is -0.845. The molecule has 1 rings (SSSR count). The molecule has 0 fully saturated rings. The van der Waals surface area contributed by atoms with Crippen molar-refractivity contribution in [2.45, 2.75) is 13.3 Å². The lowest BCUT2D eigenvalue weighted by atomic mass is 9.94. The minimum Gasteiger partial charge on any atom is -0.481 e. The van der Waals surface area contributed by atoms with Crippen molar-refractivity contribution in [1.29, 1.82) is 0 Å². The van der Waals surface area contributed by atoms with E-state index in [1.807, 2.05) is 12.1 Å². The van der Waals surface area contributed by atoms with E-state index < -0.39 is 11.9 Å². The van der Waals surface area contributed by atoms with Gasteiger partial charge in [-0.15, -0.1) is 0 Å². The Morgan fingerprint density at radius 2 is 2.27 bits per heavy atom. The van der Waals surface area contributed by atoms with Crippen LogP contribution >= 0.6 is 11.6 Å². The zero-order valence-corrected chi connectivity index (χ0v) is 9.29. The Hall–Kier alpha value is -1.28.